The average Bonchev–Trinajstić information content (AvgIpc) is 2.79. The van der Waals surface area contributed by atoms with Crippen molar-refractivity contribution in [2.75, 3.05) is 11.5 Å². The predicted octanol–water partition coefficient (Wildman–Crippen LogP) is 5.15. The maximum Gasteiger partial charge on any atom is 0.138 e. The maximum absolute atomic E-state index is 13.9. The Hall–Kier alpha value is -0.0100. The second kappa shape index (κ2) is 6.01. The van der Waals surface area contributed by atoms with E-state index in [1.165, 1.54) is 0 Å². The first-order valence-corrected chi connectivity index (χ1v) is 9.33. The summed E-state index contributed by atoms with van der Waals surface area (Å²) < 4.78 is 16.7. The maximum atomic E-state index is 13.9. The fraction of sp³-hybridized carbons (Fsp3) is 0.500. The van der Waals surface area contributed by atoms with Crippen LogP contribution in [0.2, 0.25) is 0 Å². The van der Waals surface area contributed by atoms with E-state index in [2.05, 4.69) is 9.55 Å². The first-order valence-electron chi connectivity index (χ1n) is 6.66. The van der Waals surface area contributed by atoms with Gasteiger partial charge in [-0.3, -0.25) is 0 Å². The molecule has 2 nitrogen and oxygen atoms in total. The molecule has 1 atom stereocenters. The molecule has 3 rings (SSSR count). The smallest absolute Gasteiger partial charge is 0.138 e. The van der Waals surface area contributed by atoms with Gasteiger partial charge in [0.05, 0.1) is 20.0 Å². The van der Waals surface area contributed by atoms with Crippen molar-refractivity contribution in [3.8, 4) is 0 Å². The first-order chi connectivity index (χ1) is 9.58. The number of thioether (sulfide) groups is 1. The number of nitrogens with zero attached hydrogens (tertiary/aromatic N) is 2. The molecule has 0 amide bonds. The van der Waals surface area contributed by atoms with E-state index in [9.17, 15) is 4.39 Å². The summed E-state index contributed by atoms with van der Waals surface area (Å²) in [6.07, 6.45) is 2.20. The molecule has 0 saturated carbocycles. The van der Waals surface area contributed by atoms with Gasteiger partial charge < -0.3 is 4.57 Å². The lowest BCUT2D eigenvalue weighted by atomic mass is 10.1. The van der Waals surface area contributed by atoms with Crippen molar-refractivity contribution in [3.63, 3.8) is 0 Å². The molecule has 0 bridgehead atoms. The Balaban J connectivity index is 2.20. The Labute approximate surface area is 140 Å². The van der Waals surface area contributed by atoms with Gasteiger partial charge in [-0.25, -0.2) is 9.37 Å². The third-order valence-electron chi connectivity index (χ3n) is 3.67. The summed E-state index contributed by atoms with van der Waals surface area (Å²) >= 11 is 10.3. The van der Waals surface area contributed by atoms with Crippen molar-refractivity contribution in [3.05, 3.63) is 27.3 Å². The van der Waals surface area contributed by atoms with E-state index in [1.807, 2.05) is 47.3 Å². The van der Waals surface area contributed by atoms with Crippen LogP contribution in [0.5, 0.6) is 0 Å². The lowest BCUT2D eigenvalue weighted by Crippen LogP contribution is -2.17. The molecule has 1 aromatic carbocycles. The normalized spacial score (nSPS) is 18.6. The van der Waals surface area contributed by atoms with E-state index in [0.717, 1.165) is 41.2 Å². The van der Waals surface area contributed by atoms with Crippen LogP contribution in [0.1, 0.15) is 37.0 Å². The highest BCUT2D eigenvalue weighted by molar-refractivity contribution is 14.1. The minimum Gasteiger partial charge on any atom is -0.323 e. The Morgan fingerprint density at radius 1 is 1.45 bits per heavy atom. The number of alkyl halides is 1. The summed E-state index contributed by atoms with van der Waals surface area (Å²) in [4.78, 5) is 4.64. The molecule has 0 aliphatic carbocycles. The zero-order chi connectivity index (χ0) is 14.3. The third kappa shape index (κ3) is 2.68. The summed E-state index contributed by atoms with van der Waals surface area (Å²) in [5, 5.41) is -0.169. The van der Waals surface area contributed by atoms with Gasteiger partial charge >= 0.3 is 0 Å². The van der Waals surface area contributed by atoms with Gasteiger partial charge in [-0.1, -0.05) is 0 Å². The highest BCUT2D eigenvalue weighted by Crippen LogP contribution is 2.35. The lowest BCUT2D eigenvalue weighted by molar-refractivity contribution is 0.464. The van der Waals surface area contributed by atoms with Gasteiger partial charge in [-0.05, 0) is 59.9 Å². The molecule has 6 heteroatoms. The van der Waals surface area contributed by atoms with E-state index < -0.39 is 0 Å². The van der Waals surface area contributed by atoms with Crippen molar-refractivity contribution in [2.45, 2.75) is 31.2 Å². The standard InChI is InChI=1S/C14H15ClFIN2S/c1-8(15)14-18-12-7-11(17)10(16)6-13(12)19(14)9-2-4-20-5-3-9/h6-9H,2-5H2,1H3. The van der Waals surface area contributed by atoms with Gasteiger partial charge in [-0.15, -0.1) is 11.6 Å². The van der Waals surface area contributed by atoms with E-state index in [1.54, 1.807) is 6.07 Å². The highest BCUT2D eigenvalue weighted by atomic mass is 127. The van der Waals surface area contributed by atoms with Crippen LogP contribution in [0, 0.1) is 9.39 Å². The van der Waals surface area contributed by atoms with Crippen LogP contribution < -0.4 is 0 Å². The number of benzene rings is 1. The van der Waals surface area contributed by atoms with Crippen LogP contribution in [0.15, 0.2) is 12.1 Å². The number of rotatable bonds is 2. The molecule has 2 aromatic rings. The zero-order valence-corrected chi connectivity index (χ0v) is 14.8. The quantitative estimate of drug-likeness (QED) is 0.490. The van der Waals surface area contributed by atoms with Crippen LogP contribution in [0.25, 0.3) is 11.0 Å². The molecule has 1 fully saturated rings. The minimum absolute atomic E-state index is 0.169. The molecule has 20 heavy (non-hydrogen) atoms. The third-order valence-corrected chi connectivity index (χ3v) is 5.74. The summed E-state index contributed by atoms with van der Waals surface area (Å²) in [5.74, 6) is 2.97. The fourth-order valence-electron chi connectivity index (χ4n) is 2.72. The number of fused-ring (bicyclic) bond motifs is 1. The van der Waals surface area contributed by atoms with Gasteiger partial charge in [0.2, 0.25) is 0 Å². The van der Waals surface area contributed by atoms with E-state index in [0.29, 0.717) is 9.61 Å². The van der Waals surface area contributed by atoms with Gasteiger partial charge in [0.1, 0.15) is 11.6 Å². The highest BCUT2D eigenvalue weighted by Gasteiger charge is 2.24. The molecular weight excluding hydrogens is 410 g/mol. The fourth-order valence-corrected chi connectivity index (χ4v) is 4.40. The van der Waals surface area contributed by atoms with Crippen molar-refractivity contribution in [1.82, 2.24) is 9.55 Å². The summed E-state index contributed by atoms with van der Waals surface area (Å²) in [5.41, 5.74) is 1.72. The number of hydrogen-bond acceptors (Lipinski definition) is 2. The number of imidazole rings is 1. The Morgan fingerprint density at radius 2 is 2.15 bits per heavy atom. The lowest BCUT2D eigenvalue weighted by Gasteiger charge is -2.26. The zero-order valence-electron chi connectivity index (χ0n) is 11.1. The number of hydrogen-bond donors (Lipinski definition) is 0. The second-order valence-electron chi connectivity index (χ2n) is 5.05. The predicted molar refractivity (Wildman–Crippen MR) is 92.3 cm³/mol. The average molecular weight is 425 g/mol. The van der Waals surface area contributed by atoms with Crippen LogP contribution in [-0.2, 0) is 0 Å². The molecule has 1 aromatic heterocycles. The van der Waals surface area contributed by atoms with Gasteiger partial charge in [-0.2, -0.15) is 11.8 Å². The van der Waals surface area contributed by atoms with Crippen molar-refractivity contribution in [2.24, 2.45) is 0 Å². The molecular formula is C14H15ClFIN2S. The molecule has 1 saturated heterocycles. The first kappa shape index (κ1) is 14.9. The van der Waals surface area contributed by atoms with Crippen LogP contribution in [-0.4, -0.2) is 21.1 Å². The minimum atomic E-state index is -0.182. The van der Waals surface area contributed by atoms with Crippen LogP contribution in [0.3, 0.4) is 0 Å². The van der Waals surface area contributed by atoms with Crippen LogP contribution >= 0.6 is 46.0 Å². The second-order valence-corrected chi connectivity index (χ2v) is 8.10. The summed E-state index contributed by atoms with van der Waals surface area (Å²) in [6.45, 7) is 1.93. The van der Waals surface area contributed by atoms with E-state index in [4.69, 9.17) is 11.6 Å². The van der Waals surface area contributed by atoms with Crippen molar-refractivity contribution in [1.29, 1.82) is 0 Å². The molecule has 1 unspecified atom stereocenters. The largest absolute Gasteiger partial charge is 0.323 e. The molecule has 1 aliphatic rings. The Kier molecular flexibility index (Phi) is 4.48. The van der Waals surface area contributed by atoms with E-state index in [-0.39, 0.29) is 11.2 Å². The molecule has 1 aliphatic heterocycles. The van der Waals surface area contributed by atoms with Gasteiger partial charge in [0, 0.05) is 12.1 Å². The van der Waals surface area contributed by atoms with Crippen molar-refractivity contribution < 1.29 is 4.39 Å². The molecule has 2 heterocycles. The van der Waals surface area contributed by atoms with Crippen molar-refractivity contribution >= 4 is 57.0 Å². The molecule has 108 valence electrons. The molecule has 0 spiro atoms. The van der Waals surface area contributed by atoms with Gasteiger partial charge in [0.25, 0.3) is 0 Å². The van der Waals surface area contributed by atoms with E-state index >= 15 is 0 Å². The number of aromatic nitrogens is 2. The summed E-state index contributed by atoms with van der Waals surface area (Å²) in [6, 6.07) is 3.80. The SMILES string of the molecule is CC(Cl)c1nc2cc(I)c(F)cc2n1C1CCSCC1. The topological polar surface area (TPSA) is 17.8 Å². The summed E-state index contributed by atoms with van der Waals surface area (Å²) in [7, 11) is 0. The number of halogens is 3. The molecule has 0 radical (unpaired) electrons. The Morgan fingerprint density at radius 3 is 2.80 bits per heavy atom. The van der Waals surface area contributed by atoms with Crippen LogP contribution in [0.4, 0.5) is 4.39 Å². The monoisotopic (exact) mass is 424 g/mol. The molecule has 0 N–H and O–H groups in total. The van der Waals surface area contributed by atoms with Gasteiger partial charge in [0.15, 0.2) is 0 Å². The Bertz CT molecular complexity index is 638.